The second-order valence-corrected chi connectivity index (χ2v) is 7.02. The van der Waals surface area contributed by atoms with E-state index in [1.54, 1.807) is 12.1 Å². The van der Waals surface area contributed by atoms with Gasteiger partial charge in [-0.05, 0) is 55.2 Å². The van der Waals surface area contributed by atoms with Gasteiger partial charge in [-0.2, -0.15) is 0 Å². The van der Waals surface area contributed by atoms with Crippen LogP contribution in [-0.2, 0) is 0 Å². The molecule has 1 heterocycles. The number of nitrogens with one attached hydrogen (secondary N) is 2. The number of aromatic amines is 1. The highest BCUT2D eigenvalue weighted by atomic mass is 35.5. The van der Waals surface area contributed by atoms with E-state index >= 15 is 0 Å². The molecule has 150 valence electrons. The molecule has 0 aliphatic heterocycles. The average molecular weight is 405 g/mol. The van der Waals surface area contributed by atoms with Crippen LogP contribution in [0.25, 0.3) is 22.0 Å². The predicted octanol–water partition coefficient (Wildman–Crippen LogP) is 3.58. The lowest BCUT2D eigenvalue weighted by Gasteiger charge is -2.13. The molecule has 0 saturated carbocycles. The number of carbonyl (C=O) groups is 1. The SMILES string of the molecule is CC(N)CCC(N)CNC(=O)c1cc2ccc(-c3ccc(F)cc3)cc2[nH]1.Cl. The van der Waals surface area contributed by atoms with Crippen molar-refractivity contribution < 1.29 is 9.18 Å². The van der Waals surface area contributed by atoms with Gasteiger partial charge in [-0.15, -0.1) is 12.4 Å². The standard InChI is InChI=1S/C21H25FN4O.ClH/c1-13(23)2-9-18(24)12-25-21(27)20-11-16-4-3-15(10-19(16)26-20)14-5-7-17(22)8-6-14;/h3-8,10-11,13,18,26H,2,9,12,23-24H2,1H3,(H,25,27);1H. The van der Waals surface area contributed by atoms with E-state index in [1.807, 2.05) is 31.2 Å². The van der Waals surface area contributed by atoms with Gasteiger partial charge in [0.15, 0.2) is 0 Å². The van der Waals surface area contributed by atoms with E-state index in [4.69, 9.17) is 11.5 Å². The molecule has 0 saturated heterocycles. The monoisotopic (exact) mass is 404 g/mol. The summed E-state index contributed by atoms with van der Waals surface area (Å²) in [6.45, 7) is 2.34. The van der Waals surface area contributed by atoms with Gasteiger partial charge in [-0.3, -0.25) is 4.79 Å². The highest BCUT2D eigenvalue weighted by Gasteiger charge is 2.12. The Morgan fingerprint density at radius 1 is 1.07 bits per heavy atom. The van der Waals surface area contributed by atoms with Gasteiger partial charge in [0, 0.05) is 29.5 Å². The molecule has 3 rings (SSSR count). The number of nitrogens with two attached hydrogens (primary N) is 2. The van der Waals surface area contributed by atoms with E-state index in [9.17, 15) is 9.18 Å². The molecular formula is C21H26ClFN4O. The van der Waals surface area contributed by atoms with Crippen LogP contribution < -0.4 is 16.8 Å². The molecule has 28 heavy (non-hydrogen) atoms. The van der Waals surface area contributed by atoms with Gasteiger partial charge in [0.25, 0.3) is 5.91 Å². The van der Waals surface area contributed by atoms with Crippen molar-refractivity contribution in [3.05, 3.63) is 60.0 Å². The Morgan fingerprint density at radius 2 is 1.75 bits per heavy atom. The van der Waals surface area contributed by atoms with Gasteiger partial charge in [0.2, 0.25) is 0 Å². The first-order valence-corrected chi connectivity index (χ1v) is 9.10. The Hall–Kier alpha value is -2.41. The Kier molecular flexibility index (Phi) is 7.57. The molecule has 0 aliphatic rings. The van der Waals surface area contributed by atoms with Gasteiger partial charge >= 0.3 is 0 Å². The number of halogens is 2. The maximum absolute atomic E-state index is 13.1. The minimum Gasteiger partial charge on any atom is -0.351 e. The summed E-state index contributed by atoms with van der Waals surface area (Å²) in [5.74, 6) is -0.455. The smallest absolute Gasteiger partial charge is 0.267 e. The van der Waals surface area contributed by atoms with Crippen LogP contribution in [0.1, 0.15) is 30.3 Å². The third-order valence-corrected chi connectivity index (χ3v) is 4.56. The molecule has 1 aromatic heterocycles. The fourth-order valence-corrected chi connectivity index (χ4v) is 2.97. The zero-order chi connectivity index (χ0) is 19.4. The number of rotatable bonds is 7. The minimum absolute atomic E-state index is 0. The summed E-state index contributed by atoms with van der Waals surface area (Å²) in [7, 11) is 0. The van der Waals surface area contributed by atoms with Crippen LogP contribution in [0.15, 0.2) is 48.5 Å². The van der Waals surface area contributed by atoms with Crippen molar-refractivity contribution in [2.45, 2.75) is 31.8 Å². The van der Waals surface area contributed by atoms with Crippen molar-refractivity contribution in [2.75, 3.05) is 6.54 Å². The Morgan fingerprint density at radius 3 is 2.43 bits per heavy atom. The number of aromatic nitrogens is 1. The fraction of sp³-hybridized carbons (Fsp3) is 0.286. The zero-order valence-electron chi connectivity index (χ0n) is 15.7. The molecule has 7 heteroatoms. The third kappa shape index (κ3) is 5.55. The van der Waals surface area contributed by atoms with E-state index in [0.717, 1.165) is 34.9 Å². The number of carbonyl (C=O) groups excluding carboxylic acids is 1. The largest absolute Gasteiger partial charge is 0.351 e. The van der Waals surface area contributed by atoms with Crippen molar-refractivity contribution in [3.8, 4) is 11.1 Å². The number of H-pyrrole nitrogens is 1. The molecule has 0 bridgehead atoms. The van der Waals surface area contributed by atoms with Crippen LogP contribution in [-0.4, -0.2) is 29.5 Å². The molecule has 2 atom stereocenters. The molecule has 0 aliphatic carbocycles. The van der Waals surface area contributed by atoms with E-state index < -0.39 is 0 Å². The summed E-state index contributed by atoms with van der Waals surface area (Å²) < 4.78 is 13.1. The molecule has 0 radical (unpaired) electrons. The first kappa shape index (κ1) is 21.9. The van der Waals surface area contributed by atoms with Crippen LogP contribution in [0.5, 0.6) is 0 Å². The highest BCUT2D eigenvalue weighted by Crippen LogP contribution is 2.25. The van der Waals surface area contributed by atoms with Gasteiger partial charge in [-0.1, -0.05) is 24.3 Å². The maximum Gasteiger partial charge on any atom is 0.267 e. The Bertz CT molecular complexity index is 924. The summed E-state index contributed by atoms with van der Waals surface area (Å²) >= 11 is 0. The average Bonchev–Trinajstić information content (AvgIpc) is 3.08. The molecule has 6 N–H and O–H groups in total. The van der Waals surface area contributed by atoms with Gasteiger partial charge in [-0.25, -0.2) is 4.39 Å². The minimum atomic E-state index is -0.266. The second-order valence-electron chi connectivity index (χ2n) is 7.02. The summed E-state index contributed by atoms with van der Waals surface area (Å²) in [4.78, 5) is 15.5. The first-order valence-electron chi connectivity index (χ1n) is 9.10. The lowest BCUT2D eigenvalue weighted by Crippen LogP contribution is -2.38. The van der Waals surface area contributed by atoms with E-state index in [1.165, 1.54) is 12.1 Å². The molecule has 2 unspecified atom stereocenters. The first-order chi connectivity index (χ1) is 12.9. The van der Waals surface area contributed by atoms with Crippen LogP contribution in [0.3, 0.4) is 0 Å². The number of benzene rings is 2. The Balaban J connectivity index is 0.00000280. The molecule has 0 fully saturated rings. The number of amides is 1. The highest BCUT2D eigenvalue weighted by molar-refractivity contribution is 5.98. The van der Waals surface area contributed by atoms with Crippen molar-refractivity contribution in [2.24, 2.45) is 11.5 Å². The van der Waals surface area contributed by atoms with Gasteiger partial charge in [0.05, 0.1) is 0 Å². The van der Waals surface area contributed by atoms with Crippen molar-refractivity contribution in [3.63, 3.8) is 0 Å². The maximum atomic E-state index is 13.1. The summed E-state index contributed by atoms with van der Waals surface area (Å²) in [5, 5.41) is 3.80. The lowest BCUT2D eigenvalue weighted by atomic mass is 10.0. The number of hydrogen-bond acceptors (Lipinski definition) is 3. The van der Waals surface area contributed by atoms with Crippen molar-refractivity contribution in [1.29, 1.82) is 0 Å². The van der Waals surface area contributed by atoms with Crippen molar-refractivity contribution >= 4 is 29.2 Å². The van der Waals surface area contributed by atoms with Gasteiger partial charge < -0.3 is 21.8 Å². The van der Waals surface area contributed by atoms with Gasteiger partial charge in [0.1, 0.15) is 11.5 Å². The van der Waals surface area contributed by atoms with E-state index in [-0.39, 0.29) is 36.2 Å². The summed E-state index contributed by atoms with van der Waals surface area (Å²) in [6.07, 6.45) is 1.60. The second kappa shape index (κ2) is 9.68. The summed E-state index contributed by atoms with van der Waals surface area (Å²) in [6, 6.07) is 14.0. The molecular weight excluding hydrogens is 379 g/mol. The Labute approximate surface area is 170 Å². The number of hydrogen-bond donors (Lipinski definition) is 4. The van der Waals surface area contributed by atoms with Crippen LogP contribution >= 0.6 is 12.4 Å². The predicted molar refractivity (Wildman–Crippen MR) is 114 cm³/mol. The molecule has 5 nitrogen and oxygen atoms in total. The number of fused-ring (bicyclic) bond motifs is 1. The normalized spacial score (nSPS) is 13.0. The van der Waals surface area contributed by atoms with Crippen LogP contribution in [0.4, 0.5) is 4.39 Å². The van der Waals surface area contributed by atoms with E-state index in [2.05, 4.69) is 10.3 Å². The van der Waals surface area contributed by atoms with E-state index in [0.29, 0.717) is 12.2 Å². The molecule has 3 aromatic rings. The zero-order valence-corrected chi connectivity index (χ0v) is 16.6. The fourth-order valence-electron chi connectivity index (χ4n) is 2.97. The van der Waals surface area contributed by atoms with Crippen LogP contribution in [0, 0.1) is 5.82 Å². The van der Waals surface area contributed by atoms with Crippen molar-refractivity contribution in [1.82, 2.24) is 10.3 Å². The molecule has 2 aromatic carbocycles. The lowest BCUT2D eigenvalue weighted by molar-refractivity contribution is 0.0946. The van der Waals surface area contributed by atoms with Crippen LogP contribution in [0.2, 0.25) is 0 Å². The third-order valence-electron chi connectivity index (χ3n) is 4.56. The topological polar surface area (TPSA) is 96.9 Å². The molecule has 0 spiro atoms. The molecule has 1 amide bonds. The quantitative estimate of drug-likeness (QED) is 0.484. The summed E-state index contributed by atoms with van der Waals surface area (Å²) in [5.41, 5.74) is 14.9.